The molecule has 1 saturated heterocycles. The molecule has 2 unspecified atom stereocenters. The molecule has 1 aromatic heterocycles. The van der Waals surface area contributed by atoms with Gasteiger partial charge in [-0.1, -0.05) is 24.3 Å². The van der Waals surface area contributed by atoms with Crippen molar-refractivity contribution in [2.45, 2.75) is 38.3 Å². The maximum Gasteiger partial charge on any atom is 0.243 e. The Morgan fingerprint density at radius 3 is 2.78 bits per heavy atom. The molecule has 2 amide bonds. The molecule has 2 heterocycles. The number of carbonyl (C=O) groups is 2. The topological polar surface area (TPSA) is 113 Å². The summed E-state index contributed by atoms with van der Waals surface area (Å²) >= 11 is 0. The molecule has 3 rings (SSSR count). The second-order valence-electron chi connectivity index (χ2n) is 5.60. The third-order valence-corrected chi connectivity index (χ3v) is 3.92. The largest absolute Gasteiger partial charge is 0.348 e. The number of benzene rings is 1. The van der Waals surface area contributed by atoms with Gasteiger partial charge in [-0.25, -0.2) is 0 Å². The van der Waals surface area contributed by atoms with Crippen molar-refractivity contribution in [2.75, 3.05) is 0 Å². The Hall–Kier alpha value is -2.77. The fourth-order valence-electron chi connectivity index (χ4n) is 2.60. The summed E-state index contributed by atoms with van der Waals surface area (Å²) < 4.78 is 0. The van der Waals surface area contributed by atoms with Crippen molar-refractivity contribution in [3.8, 4) is 11.4 Å². The van der Waals surface area contributed by atoms with Gasteiger partial charge in [-0.15, -0.1) is 10.2 Å². The summed E-state index contributed by atoms with van der Waals surface area (Å²) in [5.74, 6) is 0.319. The third-order valence-electron chi connectivity index (χ3n) is 3.92. The zero-order valence-electron chi connectivity index (χ0n) is 12.7. The predicted molar refractivity (Wildman–Crippen MR) is 82.0 cm³/mol. The molecule has 0 saturated carbocycles. The van der Waals surface area contributed by atoms with Crippen molar-refractivity contribution in [1.29, 1.82) is 0 Å². The van der Waals surface area contributed by atoms with Gasteiger partial charge in [-0.3, -0.25) is 9.59 Å². The van der Waals surface area contributed by atoms with E-state index in [9.17, 15) is 9.59 Å². The summed E-state index contributed by atoms with van der Waals surface area (Å²) in [7, 11) is 0. The Labute approximate surface area is 133 Å². The van der Waals surface area contributed by atoms with E-state index in [0.717, 1.165) is 17.5 Å². The fraction of sp³-hybridized carbons (Fsp3) is 0.400. The Kier molecular flexibility index (Phi) is 4.31. The lowest BCUT2D eigenvalue weighted by molar-refractivity contribution is -0.131. The van der Waals surface area contributed by atoms with E-state index in [0.29, 0.717) is 18.7 Å². The van der Waals surface area contributed by atoms with Crippen molar-refractivity contribution >= 4 is 11.8 Å². The second kappa shape index (κ2) is 6.55. The minimum absolute atomic E-state index is 0.0616. The molecule has 0 aliphatic carbocycles. The number of aromatic amines is 1. The zero-order valence-corrected chi connectivity index (χ0v) is 12.7. The van der Waals surface area contributed by atoms with Crippen molar-refractivity contribution in [3.63, 3.8) is 0 Å². The summed E-state index contributed by atoms with van der Waals surface area (Å²) in [6.07, 6.45) is 1.93. The average molecular weight is 314 g/mol. The number of rotatable bonds is 4. The van der Waals surface area contributed by atoms with Crippen LogP contribution in [0.3, 0.4) is 0 Å². The highest BCUT2D eigenvalue weighted by atomic mass is 16.2. The lowest BCUT2D eigenvalue weighted by atomic mass is 10.0. The first-order valence-corrected chi connectivity index (χ1v) is 7.57. The molecule has 120 valence electrons. The van der Waals surface area contributed by atoms with Crippen LogP contribution in [0.4, 0.5) is 0 Å². The molecule has 0 spiro atoms. The summed E-state index contributed by atoms with van der Waals surface area (Å²) in [6, 6.07) is 7.00. The summed E-state index contributed by atoms with van der Waals surface area (Å²) in [5.41, 5.74) is 1.81. The molecule has 1 aromatic carbocycles. The van der Waals surface area contributed by atoms with E-state index in [2.05, 4.69) is 31.3 Å². The first-order valence-electron chi connectivity index (χ1n) is 7.57. The molecule has 0 radical (unpaired) electrons. The van der Waals surface area contributed by atoms with Gasteiger partial charge in [0.15, 0.2) is 0 Å². The van der Waals surface area contributed by atoms with Crippen LogP contribution in [0.25, 0.3) is 11.4 Å². The monoisotopic (exact) mass is 314 g/mol. The van der Waals surface area contributed by atoms with E-state index in [-0.39, 0.29) is 17.9 Å². The number of hydrogen-bond acceptors (Lipinski definition) is 5. The van der Waals surface area contributed by atoms with Gasteiger partial charge in [0.05, 0.1) is 6.04 Å². The summed E-state index contributed by atoms with van der Waals surface area (Å²) in [6.45, 7) is 1.91. The molecular weight excluding hydrogens is 296 g/mol. The van der Waals surface area contributed by atoms with Gasteiger partial charge in [0.1, 0.15) is 6.04 Å². The summed E-state index contributed by atoms with van der Waals surface area (Å²) in [5, 5.41) is 19.4. The van der Waals surface area contributed by atoms with Crippen LogP contribution >= 0.6 is 0 Å². The van der Waals surface area contributed by atoms with E-state index >= 15 is 0 Å². The van der Waals surface area contributed by atoms with Crippen LogP contribution in [0.2, 0.25) is 0 Å². The number of nitrogens with one attached hydrogen (secondary N) is 3. The molecule has 1 aliphatic rings. The number of H-pyrrole nitrogens is 1. The SMILES string of the molecule is CC(NC(=O)C1CCCC(=O)N1)c1ccc(-c2nn[nH]n2)cc1. The molecule has 3 N–H and O–H groups in total. The van der Waals surface area contributed by atoms with Gasteiger partial charge >= 0.3 is 0 Å². The smallest absolute Gasteiger partial charge is 0.243 e. The van der Waals surface area contributed by atoms with Gasteiger partial charge in [-0.05, 0) is 30.5 Å². The molecule has 2 atom stereocenters. The van der Waals surface area contributed by atoms with Gasteiger partial charge in [0.2, 0.25) is 17.6 Å². The van der Waals surface area contributed by atoms with Gasteiger partial charge in [0, 0.05) is 12.0 Å². The molecule has 0 bridgehead atoms. The normalized spacial score (nSPS) is 19.0. The number of nitrogens with zero attached hydrogens (tertiary/aromatic N) is 3. The predicted octanol–water partition coefficient (Wildman–Crippen LogP) is 0.713. The fourth-order valence-corrected chi connectivity index (χ4v) is 2.60. The van der Waals surface area contributed by atoms with Gasteiger partial charge in [-0.2, -0.15) is 5.21 Å². The lowest BCUT2D eigenvalue weighted by Gasteiger charge is -2.24. The van der Waals surface area contributed by atoms with Crippen molar-refractivity contribution in [2.24, 2.45) is 0 Å². The minimum Gasteiger partial charge on any atom is -0.348 e. The number of carbonyl (C=O) groups excluding carboxylic acids is 2. The first kappa shape index (κ1) is 15.1. The lowest BCUT2D eigenvalue weighted by Crippen LogP contribution is -2.49. The second-order valence-corrected chi connectivity index (χ2v) is 5.60. The molecule has 2 aromatic rings. The maximum absolute atomic E-state index is 12.2. The zero-order chi connectivity index (χ0) is 16.2. The number of amides is 2. The van der Waals surface area contributed by atoms with Crippen LogP contribution in [0, 0.1) is 0 Å². The van der Waals surface area contributed by atoms with Crippen LogP contribution in [0.1, 0.15) is 37.8 Å². The number of piperidine rings is 1. The Morgan fingerprint density at radius 2 is 2.13 bits per heavy atom. The Morgan fingerprint density at radius 1 is 1.35 bits per heavy atom. The number of aromatic nitrogens is 4. The van der Waals surface area contributed by atoms with Crippen molar-refractivity contribution in [3.05, 3.63) is 29.8 Å². The highest BCUT2D eigenvalue weighted by molar-refractivity contribution is 5.88. The van der Waals surface area contributed by atoms with Crippen molar-refractivity contribution < 1.29 is 9.59 Å². The Balaban J connectivity index is 1.62. The number of tetrazole rings is 1. The highest BCUT2D eigenvalue weighted by Crippen LogP contribution is 2.19. The summed E-state index contributed by atoms with van der Waals surface area (Å²) in [4.78, 5) is 23.6. The average Bonchev–Trinajstić information content (AvgIpc) is 3.09. The standard InChI is InChI=1S/C15H18N6O2/c1-9(16-15(23)12-3-2-4-13(22)17-12)10-5-7-11(8-6-10)14-18-20-21-19-14/h5-9,12H,2-4H2,1H3,(H,16,23)(H,17,22)(H,18,19,20,21). The Bertz CT molecular complexity index is 683. The number of hydrogen-bond donors (Lipinski definition) is 3. The third kappa shape index (κ3) is 3.53. The van der Waals surface area contributed by atoms with Gasteiger partial charge in [0.25, 0.3) is 0 Å². The van der Waals surface area contributed by atoms with Crippen LogP contribution < -0.4 is 10.6 Å². The molecular formula is C15H18N6O2. The van der Waals surface area contributed by atoms with E-state index in [1.54, 1.807) is 0 Å². The van der Waals surface area contributed by atoms with Crippen LogP contribution in [0.15, 0.2) is 24.3 Å². The molecule has 1 fully saturated rings. The van der Waals surface area contributed by atoms with E-state index in [4.69, 9.17) is 0 Å². The minimum atomic E-state index is -0.433. The molecule has 8 nitrogen and oxygen atoms in total. The quantitative estimate of drug-likeness (QED) is 0.769. The first-order chi connectivity index (χ1) is 11.1. The molecule has 23 heavy (non-hydrogen) atoms. The molecule has 1 aliphatic heterocycles. The van der Waals surface area contributed by atoms with E-state index in [1.165, 1.54) is 0 Å². The van der Waals surface area contributed by atoms with Crippen LogP contribution in [-0.2, 0) is 9.59 Å². The van der Waals surface area contributed by atoms with Crippen LogP contribution in [0.5, 0.6) is 0 Å². The highest BCUT2D eigenvalue weighted by Gasteiger charge is 2.25. The van der Waals surface area contributed by atoms with Gasteiger partial charge < -0.3 is 10.6 Å². The van der Waals surface area contributed by atoms with E-state index in [1.807, 2.05) is 31.2 Å². The maximum atomic E-state index is 12.2. The molecule has 8 heteroatoms. The van der Waals surface area contributed by atoms with E-state index < -0.39 is 6.04 Å². The van der Waals surface area contributed by atoms with Crippen LogP contribution in [-0.4, -0.2) is 38.5 Å². The van der Waals surface area contributed by atoms with Crippen molar-refractivity contribution in [1.82, 2.24) is 31.3 Å².